The fraction of sp³-hybridized carbons (Fsp3) is 0.500. The molecule has 0 amide bonds. The quantitative estimate of drug-likeness (QED) is 0.501. The molecule has 0 radical (unpaired) electrons. The van der Waals surface area contributed by atoms with Gasteiger partial charge in [0.15, 0.2) is 0 Å². The smallest absolute Gasteiger partial charge is 0.376 e. The third-order valence-electron chi connectivity index (χ3n) is 7.56. The molecule has 1 saturated heterocycles. The van der Waals surface area contributed by atoms with Gasteiger partial charge in [-0.05, 0) is 36.3 Å². The highest BCUT2D eigenvalue weighted by atomic mass is 16.5. The molecule has 4 atom stereocenters. The summed E-state index contributed by atoms with van der Waals surface area (Å²) in [5, 5.41) is 12.9. The van der Waals surface area contributed by atoms with E-state index in [1.807, 2.05) is 24.3 Å². The third kappa shape index (κ3) is 3.50. The van der Waals surface area contributed by atoms with Crippen molar-refractivity contribution in [3.8, 4) is 0 Å². The van der Waals surface area contributed by atoms with Crippen molar-refractivity contribution in [1.29, 1.82) is 0 Å². The molecule has 0 unspecified atom stereocenters. The van der Waals surface area contributed by atoms with E-state index in [2.05, 4.69) is 27.9 Å². The minimum absolute atomic E-state index is 0.117. The molecule has 3 N–H and O–H groups in total. The van der Waals surface area contributed by atoms with Gasteiger partial charge in [-0.2, -0.15) is 0 Å². The van der Waals surface area contributed by atoms with Gasteiger partial charge in [-0.1, -0.05) is 43.5 Å². The molecule has 0 bridgehead atoms. The van der Waals surface area contributed by atoms with Gasteiger partial charge in [0, 0.05) is 28.6 Å². The Labute approximate surface area is 188 Å². The topological polar surface area (TPSA) is 88.7 Å². The summed E-state index contributed by atoms with van der Waals surface area (Å²) in [5.74, 6) is -1.11. The lowest BCUT2D eigenvalue weighted by Crippen LogP contribution is -2.50. The number of hydrogen-bond acceptors (Lipinski definition) is 7. The molecule has 168 valence electrons. The predicted molar refractivity (Wildman–Crippen MR) is 126 cm³/mol. The standard InChI is InChI=1S/C24H30BN3O4/c1-31-23(29)19-20(22(24(30)32-2)26-21(19)15-8-4-3-5-9-15)25-27-16-12-6-10-14-11-7-13-17(28-25)18(14)16/h6-7,10-13,15,19-22,26-28H,3-5,8-9H2,1-2H3/t19-,20-,21-,22-/m0/s1. The number of anilines is 2. The van der Waals surface area contributed by atoms with Crippen LogP contribution >= 0.6 is 0 Å². The molecule has 32 heavy (non-hydrogen) atoms. The van der Waals surface area contributed by atoms with Crippen LogP contribution < -0.4 is 15.8 Å². The molecule has 8 heteroatoms. The largest absolute Gasteiger partial charge is 0.469 e. The van der Waals surface area contributed by atoms with E-state index in [1.54, 1.807) is 0 Å². The van der Waals surface area contributed by atoms with Crippen LogP contribution in [0.2, 0.25) is 5.82 Å². The summed E-state index contributed by atoms with van der Waals surface area (Å²) in [7, 11) is 2.83. The lowest BCUT2D eigenvalue weighted by Gasteiger charge is -2.35. The first-order valence-electron chi connectivity index (χ1n) is 11.6. The number of nitrogens with one attached hydrogen (secondary N) is 3. The van der Waals surface area contributed by atoms with E-state index >= 15 is 0 Å². The maximum Gasteiger partial charge on any atom is 0.376 e. The van der Waals surface area contributed by atoms with E-state index < -0.39 is 12.0 Å². The zero-order valence-electron chi connectivity index (χ0n) is 18.6. The summed E-state index contributed by atoms with van der Waals surface area (Å²) in [5.41, 5.74) is 1.99. The second-order valence-corrected chi connectivity index (χ2v) is 9.19. The monoisotopic (exact) mass is 435 g/mol. The normalized spacial score (nSPS) is 27.5. The minimum Gasteiger partial charge on any atom is -0.469 e. The van der Waals surface area contributed by atoms with E-state index in [-0.39, 0.29) is 30.8 Å². The van der Waals surface area contributed by atoms with Gasteiger partial charge in [-0.15, -0.1) is 0 Å². The van der Waals surface area contributed by atoms with Crippen LogP contribution in [0.5, 0.6) is 0 Å². The molecule has 3 aliphatic rings. The number of benzene rings is 2. The van der Waals surface area contributed by atoms with Crippen molar-refractivity contribution < 1.29 is 19.1 Å². The summed E-state index contributed by atoms with van der Waals surface area (Å²) in [4.78, 5) is 26.0. The summed E-state index contributed by atoms with van der Waals surface area (Å²) in [6.07, 6.45) is 5.64. The van der Waals surface area contributed by atoms with Crippen LogP contribution in [-0.4, -0.2) is 45.2 Å². The van der Waals surface area contributed by atoms with Gasteiger partial charge in [-0.25, -0.2) is 0 Å². The Morgan fingerprint density at radius 2 is 1.53 bits per heavy atom. The van der Waals surface area contributed by atoms with Gasteiger partial charge in [-0.3, -0.25) is 9.59 Å². The number of carbonyl (C=O) groups excluding carboxylic acids is 2. The molecule has 1 aliphatic carbocycles. The molecule has 2 aromatic rings. The molecular weight excluding hydrogens is 405 g/mol. The van der Waals surface area contributed by atoms with Crippen molar-refractivity contribution in [2.24, 2.45) is 11.8 Å². The number of methoxy groups -OCH3 is 2. The van der Waals surface area contributed by atoms with Crippen molar-refractivity contribution in [2.45, 2.75) is 50.0 Å². The lowest BCUT2D eigenvalue weighted by atomic mass is 9.53. The minimum atomic E-state index is -0.606. The second-order valence-electron chi connectivity index (χ2n) is 9.19. The average molecular weight is 435 g/mol. The maximum absolute atomic E-state index is 13.1. The van der Waals surface area contributed by atoms with Crippen LogP contribution in [0.1, 0.15) is 32.1 Å². The molecule has 0 aromatic heterocycles. The highest BCUT2D eigenvalue weighted by Gasteiger charge is 2.57. The highest BCUT2D eigenvalue weighted by molar-refractivity contribution is 6.70. The Balaban J connectivity index is 1.54. The Morgan fingerprint density at radius 3 is 2.12 bits per heavy atom. The van der Waals surface area contributed by atoms with Crippen LogP contribution in [0.4, 0.5) is 11.4 Å². The van der Waals surface area contributed by atoms with Crippen molar-refractivity contribution >= 4 is 41.1 Å². The van der Waals surface area contributed by atoms with Gasteiger partial charge in [0.1, 0.15) is 6.04 Å². The lowest BCUT2D eigenvalue weighted by molar-refractivity contribution is -0.146. The molecule has 2 heterocycles. The zero-order chi connectivity index (χ0) is 22.2. The SMILES string of the molecule is COC(=O)[C@H]1[C@H](B2Nc3cccc4cccc(c34)N2)[C@@H](C(=O)OC)N[C@H]1C1CCCCC1. The molecule has 5 rings (SSSR count). The Hall–Kier alpha value is -2.74. The molecule has 2 aromatic carbocycles. The number of hydrogen-bond donors (Lipinski definition) is 3. The van der Waals surface area contributed by atoms with E-state index in [0.717, 1.165) is 47.8 Å². The van der Waals surface area contributed by atoms with Crippen molar-refractivity contribution in [2.75, 3.05) is 24.7 Å². The third-order valence-corrected chi connectivity index (χ3v) is 7.56. The number of rotatable bonds is 4. The molecule has 7 nitrogen and oxygen atoms in total. The number of ether oxygens (including phenoxy) is 2. The first-order chi connectivity index (χ1) is 15.6. The Kier molecular flexibility index (Phi) is 5.72. The molecule has 2 aliphatic heterocycles. The molecular formula is C24H30BN3O4. The van der Waals surface area contributed by atoms with Crippen LogP contribution in [0.3, 0.4) is 0 Å². The van der Waals surface area contributed by atoms with Crippen molar-refractivity contribution in [3.63, 3.8) is 0 Å². The van der Waals surface area contributed by atoms with E-state index in [9.17, 15) is 9.59 Å². The first-order valence-corrected chi connectivity index (χ1v) is 11.6. The summed E-state index contributed by atoms with van der Waals surface area (Å²) < 4.78 is 10.4. The number of carbonyl (C=O) groups is 2. The van der Waals surface area contributed by atoms with E-state index in [1.165, 1.54) is 20.6 Å². The number of esters is 2. The van der Waals surface area contributed by atoms with Gasteiger partial charge < -0.3 is 25.2 Å². The zero-order valence-corrected chi connectivity index (χ0v) is 18.6. The summed E-state index contributed by atoms with van der Waals surface area (Å²) in [6.45, 7) is -0.329. The Bertz CT molecular complexity index is 985. The molecule has 2 fully saturated rings. The van der Waals surface area contributed by atoms with Gasteiger partial charge in [0.2, 0.25) is 0 Å². The molecule has 0 spiro atoms. The van der Waals surface area contributed by atoms with Crippen molar-refractivity contribution in [1.82, 2.24) is 5.32 Å². The van der Waals surface area contributed by atoms with Crippen LogP contribution in [0.15, 0.2) is 36.4 Å². The highest BCUT2D eigenvalue weighted by Crippen LogP contribution is 2.45. The predicted octanol–water partition coefficient (Wildman–Crippen LogP) is 3.42. The summed E-state index contributed by atoms with van der Waals surface area (Å²) in [6, 6.07) is 11.6. The maximum atomic E-state index is 13.1. The van der Waals surface area contributed by atoms with E-state index in [4.69, 9.17) is 9.47 Å². The van der Waals surface area contributed by atoms with Crippen molar-refractivity contribution in [3.05, 3.63) is 36.4 Å². The van der Waals surface area contributed by atoms with Gasteiger partial charge in [0.25, 0.3) is 0 Å². The fourth-order valence-electron chi connectivity index (χ4n) is 6.13. The van der Waals surface area contributed by atoms with Crippen LogP contribution in [0, 0.1) is 11.8 Å². The average Bonchev–Trinajstić information content (AvgIpc) is 3.24. The van der Waals surface area contributed by atoms with Gasteiger partial charge >= 0.3 is 18.9 Å². The Morgan fingerprint density at radius 1 is 0.906 bits per heavy atom. The van der Waals surface area contributed by atoms with Gasteiger partial charge in [0.05, 0.1) is 20.1 Å². The molecule has 1 saturated carbocycles. The van der Waals surface area contributed by atoms with E-state index in [0.29, 0.717) is 5.92 Å². The fourth-order valence-corrected chi connectivity index (χ4v) is 6.13. The van der Waals surface area contributed by atoms with Crippen LogP contribution in [-0.2, 0) is 19.1 Å². The second kappa shape index (κ2) is 8.66. The first kappa shape index (κ1) is 21.1. The summed E-state index contributed by atoms with van der Waals surface area (Å²) >= 11 is 0. The van der Waals surface area contributed by atoms with Crippen LogP contribution in [0.25, 0.3) is 10.8 Å².